The zero-order valence-electron chi connectivity index (χ0n) is 14.9. The number of aryl methyl sites for hydroxylation is 1. The Morgan fingerprint density at radius 1 is 1.23 bits per heavy atom. The third-order valence-electron chi connectivity index (χ3n) is 3.96. The van der Waals surface area contributed by atoms with Crippen LogP contribution in [0, 0.1) is 20.1 Å². The predicted molar refractivity (Wildman–Crippen MR) is 96.7 cm³/mol. The van der Waals surface area contributed by atoms with Gasteiger partial charge in [0.15, 0.2) is 5.82 Å². The van der Waals surface area contributed by atoms with Crippen LogP contribution in [0.2, 0.25) is 0 Å². The molecule has 0 spiro atoms. The van der Waals surface area contributed by atoms with E-state index in [1.807, 2.05) is 13.8 Å². The van der Waals surface area contributed by atoms with Gasteiger partial charge in [-0.15, -0.1) is 10.2 Å². The summed E-state index contributed by atoms with van der Waals surface area (Å²) in [5, 5.41) is 25.1. The number of azo groups is 1. The molecule has 0 saturated carbocycles. The number of hydrogen-bond donors (Lipinski definition) is 2. The molecule has 0 radical (unpaired) electrons. The molecule has 0 unspecified atom stereocenters. The predicted octanol–water partition coefficient (Wildman–Crippen LogP) is 4.46. The quantitative estimate of drug-likeness (QED) is 0.591. The van der Waals surface area contributed by atoms with Crippen LogP contribution in [0.4, 0.5) is 22.9 Å². The van der Waals surface area contributed by atoms with Crippen LogP contribution in [-0.4, -0.2) is 19.9 Å². The Morgan fingerprint density at radius 3 is 2.50 bits per heavy atom. The van der Waals surface area contributed by atoms with Gasteiger partial charge in [0.1, 0.15) is 5.69 Å². The lowest BCUT2D eigenvalue weighted by Crippen LogP contribution is -2.20. The summed E-state index contributed by atoms with van der Waals surface area (Å²) in [4.78, 5) is 19.1. The summed E-state index contributed by atoms with van der Waals surface area (Å²) in [5.41, 5.74) is 0.479. The Hall–Kier alpha value is -3.46. The number of H-pyrrole nitrogens is 1. The van der Waals surface area contributed by atoms with Crippen molar-refractivity contribution < 1.29 is 5.11 Å². The molecule has 2 aromatic rings. The van der Waals surface area contributed by atoms with Gasteiger partial charge in [-0.1, -0.05) is 20.3 Å². The maximum absolute atomic E-state index is 12.4. The number of nitrogens with zero attached hydrogens (tertiary/aromatic N) is 6. The average molecular weight is 353 g/mol. The van der Waals surface area contributed by atoms with Crippen LogP contribution in [0.1, 0.15) is 37.9 Å². The summed E-state index contributed by atoms with van der Waals surface area (Å²) in [5.74, 6) is -0.164. The minimum absolute atomic E-state index is 0.0373. The molecule has 0 saturated heterocycles. The standard InChI is InChI=1S/C17H19N7O2/c1-6-8-9-24-16(25)12(18-4)10(3)13(17(24)26)21-23-15-14(19-5)11(7-2)20-22-15/h26H,6-9H2,1-3H3,(H,20,22)/b23-21+. The molecule has 26 heavy (non-hydrogen) atoms. The van der Waals surface area contributed by atoms with Crippen molar-refractivity contribution in [1.29, 1.82) is 0 Å². The van der Waals surface area contributed by atoms with E-state index >= 15 is 0 Å². The number of nitrogens with one attached hydrogen (secondary N) is 1. The monoisotopic (exact) mass is 353 g/mol. The molecular formula is C17H19N7O2. The molecule has 2 aromatic heterocycles. The van der Waals surface area contributed by atoms with Crippen molar-refractivity contribution in [3.63, 3.8) is 0 Å². The molecule has 9 heteroatoms. The lowest BCUT2D eigenvalue weighted by molar-refractivity contribution is 0.403. The molecule has 2 N–H and O–H groups in total. The Balaban J connectivity index is 2.60. The molecule has 0 bridgehead atoms. The highest BCUT2D eigenvalue weighted by Crippen LogP contribution is 2.37. The van der Waals surface area contributed by atoms with Gasteiger partial charge in [-0.3, -0.25) is 14.5 Å². The normalized spacial score (nSPS) is 10.8. The van der Waals surface area contributed by atoms with Crippen molar-refractivity contribution in [2.75, 3.05) is 0 Å². The molecule has 0 aliphatic carbocycles. The van der Waals surface area contributed by atoms with E-state index < -0.39 is 5.56 Å². The van der Waals surface area contributed by atoms with Gasteiger partial charge in [0.2, 0.25) is 5.88 Å². The summed E-state index contributed by atoms with van der Waals surface area (Å²) in [6.07, 6.45) is 2.07. The Bertz CT molecular complexity index is 986. The number of aromatic hydroxyl groups is 1. The minimum atomic E-state index is -0.543. The number of hydrogen-bond acceptors (Lipinski definition) is 5. The fraction of sp³-hybridized carbons (Fsp3) is 0.412. The molecule has 0 aromatic carbocycles. The summed E-state index contributed by atoms with van der Waals surface area (Å²) in [6, 6.07) is 0. The second-order valence-corrected chi connectivity index (χ2v) is 5.60. The molecule has 2 heterocycles. The van der Waals surface area contributed by atoms with E-state index in [1.165, 1.54) is 6.92 Å². The largest absolute Gasteiger partial charge is 0.493 e. The third kappa shape index (κ3) is 3.33. The van der Waals surface area contributed by atoms with Crippen LogP contribution in [-0.2, 0) is 13.0 Å². The van der Waals surface area contributed by atoms with Crippen molar-refractivity contribution >= 4 is 22.9 Å². The van der Waals surface area contributed by atoms with Gasteiger partial charge in [0.05, 0.1) is 18.8 Å². The summed E-state index contributed by atoms with van der Waals surface area (Å²) >= 11 is 0. The van der Waals surface area contributed by atoms with Crippen LogP contribution >= 0.6 is 0 Å². The molecule has 0 aliphatic heterocycles. The van der Waals surface area contributed by atoms with E-state index in [2.05, 4.69) is 30.1 Å². The topological polar surface area (TPSA) is 104 Å². The van der Waals surface area contributed by atoms with E-state index in [0.717, 1.165) is 11.0 Å². The van der Waals surface area contributed by atoms with Crippen LogP contribution in [0.15, 0.2) is 15.0 Å². The molecule has 0 amide bonds. The number of unbranched alkanes of at least 4 members (excludes halogenated alkanes) is 1. The molecule has 0 fully saturated rings. The first-order chi connectivity index (χ1) is 12.5. The van der Waals surface area contributed by atoms with E-state index in [1.54, 1.807) is 0 Å². The van der Waals surface area contributed by atoms with Crippen molar-refractivity contribution in [2.45, 2.75) is 46.6 Å². The van der Waals surface area contributed by atoms with E-state index in [0.29, 0.717) is 18.5 Å². The summed E-state index contributed by atoms with van der Waals surface area (Å²) in [7, 11) is 0. The summed E-state index contributed by atoms with van der Waals surface area (Å²) < 4.78 is 1.14. The molecule has 2 rings (SSSR count). The van der Waals surface area contributed by atoms with Gasteiger partial charge in [-0.25, -0.2) is 9.69 Å². The number of aromatic nitrogens is 3. The first kappa shape index (κ1) is 18.9. The SMILES string of the molecule is [C-]#[N+]c1c(CC)n[nH]c1/N=N/c1c(C)c([N+]#[C-])c(=O)n(CCCC)c1O. The first-order valence-corrected chi connectivity index (χ1v) is 8.20. The fourth-order valence-corrected chi connectivity index (χ4v) is 2.46. The summed E-state index contributed by atoms with van der Waals surface area (Å²) in [6.45, 7) is 20.1. The number of aromatic amines is 1. The first-order valence-electron chi connectivity index (χ1n) is 8.20. The van der Waals surface area contributed by atoms with Crippen LogP contribution in [0.25, 0.3) is 9.69 Å². The minimum Gasteiger partial charge on any atom is -0.493 e. The molecule has 0 atom stereocenters. The highest BCUT2D eigenvalue weighted by atomic mass is 16.3. The molecule has 134 valence electrons. The smallest absolute Gasteiger partial charge is 0.260 e. The number of pyridine rings is 1. The van der Waals surface area contributed by atoms with Crippen LogP contribution in [0.5, 0.6) is 5.88 Å². The fourth-order valence-electron chi connectivity index (χ4n) is 2.46. The van der Waals surface area contributed by atoms with Crippen LogP contribution < -0.4 is 5.56 Å². The zero-order chi connectivity index (χ0) is 19.3. The Morgan fingerprint density at radius 2 is 1.92 bits per heavy atom. The molecule has 0 aliphatic rings. The van der Waals surface area contributed by atoms with Gasteiger partial charge in [-0.05, 0) is 25.3 Å². The highest BCUT2D eigenvalue weighted by Gasteiger charge is 2.19. The van der Waals surface area contributed by atoms with Gasteiger partial charge < -0.3 is 5.11 Å². The van der Waals surface area contributed by atoms with Gasteiger partial charge >= 0.3 is 0 Å². The van der Waals surface area contributed by atoms with Gasteiger partial charge in [0, 0.05) is 6.54 Å². The van der Waals surface area contributed by atoms with Crippen LogP contribution in [0.3, 0.4) is 0 Å². The number of rotatable bonds is 6. The van der Waals surface area contributed by atoms with Crippen molar-refractivity contribution in [2.24, 2.45) is 10.2 Å². The zero-order valence-corrected chi connectivity index (χ0v) is 14.9. The van der Waals surface area contributed by atoms with Gasteiger partial charge in [0.25, 0.3) is 16.9 Å². The van der Waals surface area contributed by atoms with E-state index in [4.69, 9.17) is 13.1 Å². The van der Waals surface area contributed by atoms with Crippen molar-refractivity contribution in [1.82, 2.24) is 14.8 Å². The second-order valence-electron chi connectivity index (χ2n) is 5.60. The average Bonchev–Trinajstić information content (AvgIpc) is 3.04. The highest BCUT2D eigenvalue weighted by molar-refractivity contribution is 5.68. The Labute approximate surface area is 150 Å². The maximum Gasteiger partial charge on any atom is 0.260 e. The maximum atomic E-state index is 12.4. The van der Waals surface area contributed by atoms with Gasteiger partial charge in [-0.2, -0.15) is 5.10 Å². The second kappa shape index (κ2) is 8.08. The van der Waals surface area contributed by atoms with E-state index in [-0.39, 0.29) is 40.9 Å². The molecular weight excluding hydrogens is 334 g/mol. The lowest BCUT2D eigenvalue weighted by atomic mass is 10.2. The van der Waals surface area contributed by atoms with E-state index in [9.17, 15) is 9.90 Å². The Kier molecular flexibility index (Phi) is 5.86. The molecule has 9 nitrogen and oxygen atoms in total. The van der Waals surface area contributed by atoms with Crippen molar-refractivity contribution in [3.05, 3.63) is 44.4 Å². The lowest BCUT2D eigenvalue weighted by Gasteiger charge is -2.12. The van der Waals surface area contributed by atoms with Crippen molar-refractivity contribution in [3.8, 4) is 5.88 Å². The third-order valence-corrected chi connectivity index (χ3v) is 3.96.